The van der Waals surface area contributed by atoms with Crippen LogP contribution in [0.1, 0.15) is 88.8 Å². The number of cyclic esters (lactones) is 1. The van der Waals surface area contributed by atoms with Gasteiger partial charge in [-0.15, -0.1) is 11.3 Å². The second kappa shape index (κ2) is 20.2. The summed E-state index contributed by atoms with van der Waals surface area (Å²) in [5.74, 6) is -1.17. The number of nitrogens with zero attached hydrogens (tertiary/aromatic N) is 6. The minimum atomic E-state index is -0.700. The van der Waals surface area contributed by atoms with Crippen LogP contribution in [0.25, 0.3) is 33.4 Å². The molecule has 0 radical (unpaired) electrons. The van der Waals surface area contributed by atoms with Gasteiger partial charge in [-0.05, 0) is 89.6 Å². The number of benzene rings is 1. The predicted molar refractivity (Wildman–Crippen MR) is 252 cm³/mol. The number of aromatic nitrogens is 3. The van der Waals surface area contributed by atoms with Gasteiger partial charge in [-0.2, -0.15) is 0 Å². The van der Waals surface area contributed by atoms with Crippen molar-refractivity contribution in [2.75, 3.05) is 85.3 Å². The first-order valence-electron chi connectivity index (χ1n) is 23.5. The van der Waals surface area contributed by atoms with E-state index >= 15 is 0 Å². The quantitative estimate of drug-likeness (QED) is 0.143. The third-order valence-electron chi connectivity index (χ3n) is 13.7. The number of piperazine rings is 1. The molecule has 1 aromatic carbocycles. The highest BCUT2D eigenvalue weighted by atomic mass is 32.1. The highest BCUT2D eigenvalue weighted by Crippen LogP contribution is 2.44. The van der Waals surface area contributed by atoms with Crippen LogP contribution in [0.4, 0.5) is 5.69 Å². The van der Waals surface area contributed by atoms with Crippen molar-refractivity contribution in [3.05, 3.63) is 52.1 Å². The van der Waals surface area contributed by atoms with E-state index in [1.165, 1.54) is 11.3 Å². The van der Waals surface area contributed by atoms with E-state index in [4.69, 9.17) is 28.9 Å². The van der Waals surface area contributed by atoms with Crippen LogP contribution >= 0.6 is 11.3 Å². The number of nitrogens with one attached hydrogen (secondary N) is 2. The average Bonchev–Trinajstić information content (AvgIpc) is 3.79. The molecule has 8 rings (SSSR count). The SMILES string of the molecule is CCO[C@@H]1c2nc(cs2)-c2ccc3c(c2)c(c(-c2cc(N4CCN(C)CC4)cnc2[C@H](C)OC)n3CC)CC(C)(C)COC(=O)[C@@H]2CCCN(N2)C(=O)[C@H]1CCNC(=O)[C@H]1C[C@@H]1COC. The third kappa shape index (κ3) is 10.1. The summed E-state index contributed by atoms with van der Waals surface area (Å²) in [6.45, 7) is 16.7. The summed E-state index contributed by atoms with van der Waals surface area (Å²) < 4.78 is 26.3. The van der Waals surface area contributed by atoms with Gasteiger partial charge in [0.05, 0.1) is 47.6 Å². The molecule has 2 N–H and O–H groups in total. The number of hydrogen-bond acceptors (Lipinski definition) is 13. The largest absolute Gasteiger partial charge is 0.464 e. The summed E-state index contributed by atoms with van der Waals surface area (Å²) in [5.41, 5.74) is 10.8. The Hall–Kier alpha value is -4.45. The highest BCUT2D eigenvalue weighted by molar-refractivity contribution is 7.10. The van der Waals surface area contributed by atoms with E-state index in [0.717, 1.165) is 83.0 Å². The molecule has 352 valence electrons. The Morgan fingerprint density at radius 1 is 1.11 bits per heavy atom. The van der Waals surface area contributed by atoms with Gasteiger partial charge in [0.25, 0.3) is 0 Å². The number of carbonyl (C=O) groups excluding carboxylic acids is 3. The Morgan fingerprint density at radius 3 is 2.65 bits per heavy atom. The van der Waals surface area contributed by atoms with Crippen LogP contribution in [-0.2, 0) is 46.3 Å². The van der Waals surface area contributed by atoms with E-state index in [1.54, 1.807) is 19.2 Å². The van der Waals surface area contributed by atoms with Gasteiger partial charge in [-0.25, -0.2) is 10.4 Å². The second-order valence-corrected chi connectivity index (χ2v) is 19.9. The van der Waals surface area contributed by atoms with Gasteiger partial charge in [-0.3, -0.25) is 24.4 Å². The van der Waals surface area contributed by atoms with Crippen molar-refractivity contribution in [2.24, 2.45) is 23.2 Å². The van der Waals surface area contributed by atoms with Gasteiger partial charge in [0.15, 0.2) is 0 Å². The van der Waals surface area contributed by atoms with Crippen LogP contribution in [0.15, 0.2) is 35.8 Å². The minimum absolute atomic E-state index is 0.0238. The number of hydrogen-bond donors (Lipinski definition) is 2. The highest BCUT2D eigenvalue weighted by Gasteiger charge is 2.43. The van der Waals surface area contributed by atoms with E-state index in [9.17, 15) is 14.4 Å². The van der Waals surface area contributed by atoms with E-state index in [1.807, 2.05) is 25.4 Å². The van der Waals surface area contributed by atoms with Crippen molar-refractivity contribution in [1.29, 1.82) is 0 Å². The van der Waals surface area contributed by atoms with Crippen LogP contribution in [-0.4, -0.2) is 129 Å². The molecule has 3 fully saturated rings. The zero-order chi connectivity index (χ0) is 46.0. The number of anilines is 1. The van der Waals surface area contributed by atoms with Gasteiger partial charge in [-0.1, -0.05) is 19.9 Å². The normalized spacial score (nSPS) is 24.5. The second-order valence-electron chi connectivity index (χ2n) is 19.1. The molecule has 0 unspecified atom stereocenters. The fourth-order valence-electron chi connectivity index (χ4n) is 9.88. The lowest BCUT2D eigenvalue weighted by atomic mass is 9.84. The lowest BCUT2D eigenvalue weighted by Gasteiger charge is -2.37. The topological polar surface area (TPSA) is 153 Å². The summed E-state index contributed by atoms with van der Waals surface area (Å²) in [6, 6.07) is 8.16. The number of amides is 2. The maximum Gasteiger partial charge on any atom is 0.324 e. The first-order valence-corrected chi connectivity index (χ1v) is 24.4. The van der Waals surface area contributed by atoms with Crippen molar-refractivity contribution in [3.8, 4) is 22.5 Å². The molecule has 2 saturated heterocycles. The molecule has 15 nitrogen and oxygen atoms in total. The maximum atomic E-state index is 14.7. The van der Waals surface area contributed by atoms with Gasteiger partial charge >= 0.3 is 5.97 Å². The molecule has 6 atom stereocenters. The minimum Gasteiger partial charge on any atom is -0.464 e. The fraction of sp³-hybridized carbons (Fsp3) is 0.612. The Balaban J connectivity index is 1.23. The molecule has 1 saturated carbocycles. The van der Waals surface area contributed by atoms with E-state index in [2.05, 4.69) is 77.2 Å². The molecule has 6 bridgehead atoms. The molecular formula is C49H68N8O7S. The lowest BCUT2D eigenvalue weighted by Crippen LogP contribution is -2.57. The smallest absolute Gasteiger partial charge is 0.324 e. The zero-order valence-corrected chi connectivity index (χ0v) is 40.3. The number of pyridine rings is 1. The average molecular weight is 913 g/mol. The Labute approximate surface area is 387 Å². The number of likely N-dealkylation sites (N-methyl/N-ethyl adjacent to an activating group) is 1. The summed E-state index contributed by atoms with van der Waals surface area (Å²) in [7, 11) is 5.54. The molecule has 3 aliphatic heterocycles. The van der Waals surface area contributed by atoms with Crippen LogP contribution < -0.4 is 15.6 Å². The summed E-state index contributed by atoms with van der Waals surface area (Å²) in [6.07, 6.45) is 3.92. The summed E-state index contributed by atoms with van der Waals surface area (Å²) in [5, 5.41) is 8.48. The summed E-state index contributed by atoms with van der Waals surface area (Å²) in [4.78, 5) is 57.0. The first kappa shape index (κ1) is 47.1. The first-order chi connectivity index (χ1) is 31.3. The molecule has 6 heterocycles. The Bertz CT molecular complexity index is 2340. The maximum absolute atomic E-state index is 14.7. The molecule has 3 aromatic heterocycles. The van der Waals surface area contributed by atoms with Crippen molar-refractivity contribution >= 4 is 45.7 Å². The van der Waals surface area contributed by atoms with Crippen LogP contribution in [0.3, 0.4) is 0 Å². The van der Waals surface area contributed by atoms with Crippen molar-refractivity contribution in [2.45, 2.75) is 91.5 Å². The molecule has 1 aliphatic carbocycles. The molecule has 65 heavy (non-hydrogen) atoms. The number of thiazole rings is 1. The third-order valence-corrected chi connectivity index (χ3v) is 14.6. The molecule has 16 heteroatoms. The Kier molecular flexibility index (Phi) is 14.6. The molecule has 4 aromatic rings. The van der Waals surface area contributed by atoms with Crippen LogP contribution in [0.2, 0.25) is 0 Å². The molecule has 4 aliphatic rings. The number of esters is 1. The van der Waals surface area contributed by atoms with Crippen molar-refractivity contribution in [1.82, 2.24) is 35.2 Å². The molecule has 0 spiro atoms. The van der Waals surface area contributed by atoms with E-state index in [-0.39, 0.29) is 48.9 Å². The number of hydrazine groups is 1. The van der Waals surface area contributed by atoms with Gasteiger partial charge in [0.1, 0.15) is 17.2 Å². The van der Waals surface area contributed by atoms with Crippen molar-refractivity contribution in [3.63, 3.8) is 0 Å². The Morgan fingerprint density at radius 2 is 1.91 bits per heavy atom. The number of rotatable bonds is 13. The zero-order valence-electron chi connectivity index (χ0n) is 39.5. The fourth-order valence-corrected chi connectivity index (χ4v) is 10.8. The number of fused-ring (bicyclic) bond motifs is 6. The predicted octanol–water partition coefficient (Wildman–Crippen LogP) is 6.41. The van der Waals surface area contributed by atoms with Crippen molar-refractivity contribution < 1.29 is 33.3 Å². The van der Waals surface area contributed by atoms with Gasteiger partial charge in [0.2, 0.25) is 11.8 Å². The number of aryl methyl sites for hydroxylation is 1. The van der Waals surface area contributed by atoms with E-state index < -0.39 is 23.5 Å². The molecule has 2 amide bonds. The number of methoxy groups -OCH3 is 2. The van der Waals surface area contributed by atoms with Crippen LogP contribution in [0, 0.1) is 23.2 Å². The molecular weight excluding hydrogens is 845 g/mol. The van der Waals surface area contributed by atoms with Crippen LogP contribution in [0.5, 0.6) is 0 Å². The summed E-state index contributed by atoms with van der Waals surface area (Å²) >= 11 is 1.48. The van der Waals surface area contributed by atoms with Gasteiger partial charge < -0.3 is 38.6 Å². The standard InChI is InChI=1S/C49H68N8O7S/c1-9-56-41-14-13-31-22-36(41)38(43(56)37-24-33(26-51-42(37)30(3)62-8)55-20-18-54(6)19-21-55)25-49(4,5)29-64-48(60)39-12-11-17-57(53-39)47(59)34(44(63-10-2)46-52-40(31)28-65-46)15-16-50-45(58)35-23-32(35)27-61-7/h13-14,22,24,26,28,30,32,34-35,39,44,53H,9-12,15-21,23,25,27,29H2,1-8H3,(H,50,58)/t30-,32+,34-,35-,39-,44-/m0/s1. The number of carbonyl (C=O) groups is 3. The number of ether oxygens (including phenoxy) is 4. The van der Waals surface area contributed by atoms with E-state index in [0.29, 0.717) is 57.0 Å². The lowest BCUT2D eigenvalue weighted by molar-refractivity contribution is -0.157. The monoisotopic (exact) mass is 912 g/mol. The van der Waals surface area contributed by atoms with Gasteiger partial charge in [0, 0.05) is 112 Å².